The Balaban J connectivity index is 1.67. The molecule has 0 aromatic heterocycles. The second-order valence-corrected chi connectivity index (χ2v) is 7.53. The van der Waals surface area contributed by atoms with Crippen molar-refractivity contribution in [2.75, 3.05) is 0 Å². The number of esters is 1. The molecule has 0 saturated heterocycles. The lowest BCUT2D eigenvalue weighted by molar-refractivity contribution is -0.158. The van der Waals surface area contributed by atoms with Gasteiger partial charge in [0.15, 0.2) is 0 Å². The SMILES string of the molecule is Cc1ccc(C)c(OC2=COC3CC(OC(=O)C(C)C)CCC3C2=O)c1. The van der Waals surface area contributed by atoms with Gasteiger partial charge in [0, 0.05) is 6.42 Å². The molecule has 1 aliphatic carbocycles. The normalized spacial score (nSPS) is 25.2. The van der Waals surface area contributed by atoms with E-state index in [0.29, 0.717) is 25.0 Å². The Kier molecular flexibility index (Phi) is 5.35. The van der Waals surface area contributed by atoms with Crippen LogP contribution < -0.4 is 4.74 Å². The van der Waals surface area contributed by atoms with E-state index in [-0.39, 0.29) is 41.6 Å². The number of fused-ring (bicyclic) bond motifs is 1. The van der Waals surface area contributed by atoms with E-state index in [1.807, 2.05) is 45.9 Å². The molecule has 3 rings (SSSR count). The lowest BCUT2D eigenvalue weighted by atomic mass is 9.80. The lowest BCUT2D eigenvalue weighted by Crippen LogP contribution is -2.43. The van der Waals surface area contributed by atoms with Gasteiger partial charge < -0.3 is 14.2 Å². The van der Waals surface area contributed by atoms with E-state index >= 15 is 0 Å². The molecular formula is C21H26O5. The molecule has 0 spiro atoms. The number of Topliss-reactive ketones (excluding diaryl/α,β-unsaturated/α-hetero) is 1. The van der Waals surface area contributed by atoms with Gasteiger partial charge in [0.1, 0.15) is 24.2 Å². The highest BCUT2D eigenvalue weighted by Crippen LogP contribution is 2.35. The molecule has 1 saturated carbocycles. The summed E-state index contributed by atoms with van der Waals surface area (Å²) < 4.78 is 17.1. The van der Waals surface area contributed by atoms with Gasteiger partial charge in [-0.15, -0.1) is 0 Å². The van der Waals surface area contributed by atoms with Crippen LogP contribution in [0.1, 0.15) is 44.2 Å². The van der Waals surface area contributed by atoms with Crippen LogP contribution in [0.5, 0.6) is 5.75 Å². The molecule has 1 aromatic rings. The summed E-state index contributed by atoms with van der Waals surface area (Å²) in [7, 11) is 0. The molecule has 26 heavy (non-hydrogen) atoms. The third-order valence-corrected chi connectivity index (χ3v) is 4.99. The number of allylic oxidation sites excluding steroid dienone is 1. The second-order valence-electron chi connectivity index (χ2n) is 7.53. The van der Waals surface area contributed by atoms with Crippen LogP contribution in [0.15, 0.2) is 30.2 Å². The maximum Gasteiger partial charge on any atom is 0.308 e. The van der Waals surface area contributed by atoms with Gasteiger partial charge in [0.05, 0.1) is 11.8 Å². The standard InChI is InChI=1S/C21H26O5/c1-12(2)21(23)25-15-7-8-16-18(10-15)24-11-19(20(16)22)26-17-9-13(3)5-6-14(17)4/h5-6,9,11-12,15-16,18H,7-8,10H2,1-4H3. The molecule has 2 aliphatic rings. The number of hydrogen-bond acceptors (Lipinski definition) is 5. The third-order valence-electron chi connectivity index (χ3n) is 4.99. The summed E-state index contributed by atoms with van der Waals surface area (Å²) in [5.74, 6) is 0.290. The van der Waals surface area contributed by atoms with Gasteiger partial charge in [-0.3, -0.25) is 9.59 Å². The van der Waals surface area contributed by atoms with Gasteiger partial charge in [-0.05, 0) is 43.9 Å². The molecule has 3 unspecified atom stereocenters. The molecule has 1 heterocycles. The molecule has 3 atom stereocenters. The van der Waals surface area contributed by atoms with Gasteiger partial charge >= 0.3 is 5.97 Å². The number of benzene rings is 1. The van der Waals surface area contributed by atoms with Crippen LogP contribution in [0, 0.1) is 25.7 Å². The number of ketones is 1. The summed E-state index contributed by atoms with van der Waals surface area (Å²) in [4.78, 5) is 24.6. The molecule has 140 valence electrons. The number of hydrogen-bond donors (Lipinski definition) is 0. The quantitative estimate of drug-likeness (QED) is 0.765. The maximum absolute atomic E-state index is 12.8. The van der Waals surface area contributed by atoms with Crippen molar-refractivity contribution < 1.29 is 23.8 Å². The summed E-state index contributed by atoms with van der Waals surface area (Å²) in [6.45, 7) is 7.55. The van der Waals surface area contributed by atoms with E-state index in [4.69, 9.17) is 14.2 Å². The Morgan fingerprint density at radius 2 is 2.00 bits per heavy atom. The van der Waals surface area contributed by atoms with Crippen molar-refractivity contribution in [2.45, 2.75) is 59.2 Å². The van der Waals surface area contributed by atoms with E-state index in [0.717, 1.165) is 11.1 Å². The summed E-state index contributed by atoms with van der Waals surface area (Å²) in [6, 6.07) is 5.89. The zero-order chi connectivity index (χ0) is 18.8. The maximum atomic E-state index is 12.8. The second kappa shape index (κ2) is 7.52. The Hall–Kier alpha value is -2.30. The number of carbonyl (C=O) groups excluding carboxylic acids is 2. The van der Waals surface area contributed by atoms with Gasteiger partial charge in [-0.2, -0.15) is 0 Å². The first kappa shape index (κ1) is 18.5. The number of rotatable bonds is 4. The van der Waals surface area contributed by atoms with Crippen molar-refractivity contribution in [3.05, 3.63) is 41.3 Å². The first-order chi connectivity index (χ1) is 12.3. The molecule has 5 nitrogen and oxygen atoms in total. The van der Waals surface area contributed by atoms with Crippen molar-refractivity contribution in [3.8, 4) is 5.75 Å². The van der Waals surface area contributed by atoms with Crippen LogP contribution >= 0.6 is 0 Å². The van der Waals surface area contributed by atoms with E-state index in [1.165, 1.54) is 6.26 Å². The summed E-state index contributed by atoms with van der Waals surface area (Å²) in [6.07, 6.45) is 2.82. The monoisotopic (exact) mass is 358 g/mol. The number of ether oxygens (including phenoxy) is 3. The average molecular weight is 358 g/mol. The van der Waals surface area contributed by atoms with Crippen LogP contribution in [-0.4, -0.2) is 24.0 Å². The number of aryl methyl sites for hydroxylation is 2. The molecule has 0 amide bonds. The minimum atomic E-state index is -0.257. The molecular weight excluding hydrogens is 332 g/mol. The van der Waals surface area contributed by atoms with Crippen LogP contribution in [0.2, 0.25) is 0 Å². The average Bonchev–Trinajstić information content (AvgIpc) is 2.60. The zero-order valence-corrected chi connectivity index (χ0v) is 15.8. The molecule has 0 radical (unpaired) electrons. The molecule has 1 aromatic carbocycles. The minimum absolute atomic E-state index is 0.0317. The van der Waals surface area contributed by atoms with E-state index in [9.17, 15) is 9.59 Å². The van der Waals surface area contributed by atoms with Gasteiger partial charge in [0.2, 0.25) is 11.5 Å². The van der Waals surface area contributed by atoms with E-state index < -0.39 is 0 Å². The minimum Gasteiger partial charge on any atom is -0.493 e. The van der Waals surface area contributed by atoms with Gasteiger partial charge in [0.25, 0.3) is 0 Å². The van der Waals surface area contributed by atoms with Gasteiger partial charge in [-0.1, -0.05) is 26.0 Å². The zero-order valence-electron chi connectivity index (χ0n) is 15.8. The molecule has 5 heteroatoms. The van der Waals surface area contributed by atoms with Crippen molar-refractivity contribution in [3.63, 3.8) is 0 Å². The van der Waals surface area contributed by atoms with E-state index in [2.05, 4.69) is 0 Å². The Bertz CT molecular complexity index is 734. The molecule has 1 fully saturated rings. The highest BCUT2D eigenvalue weighted by Gasteiger charge is 2.42. The Morgan fingerprint density at radius 1 is 1.23 bits per heavy atom. The van der Waals surface area contributed by atoms with E-state index in [1.54, 1.807) is 0 Å². The first-order valence-corrected chi connectivity index (χ1v) is 9.20. The summed E-state index contributed by atoms with van der Waals surface area (Å²) in [5.41, 5.74) is 2.04. The van der Waals surface area contributed by atoms with Crippen molar-refractivity contribution in [2.24, 2.45) is 11.8 Å². The smallest absolute Gasteiger partial charge is 0.308 e. The fourth-order valence-electron chi connectivity index (χ4n) is 3.35. The fraction of sp³-hybridized carbons (Fsp3) is 0.524. The fourth-order valence-corrected chi connectivity index (χ4v) is 3.35. The highest BCUT2D eigenvalue weighted by molar-refractivity contribution is 5.96. The first-order valence-electron chi connectivity index (χ1n) is 9.20. The largest absolute Gasteiger partial charge is 0.493 e. The topological polar surface area (TPSA) is 61.8 Å². The van der Waals surface area contributed by atoms with Crippen LogP contribution in [0.3, 0.4) is 0 Å². The van der Waals surface area contributed by atoms with Crippen LogP contribution in [-0.2, 0) is 19.1 Å². The predicted octanol–water partition coefficient (Wildman–Crippen LogP) is 3.86. The highest BCUT2D eigenvalue weighted by atomic mass is 16.6. The van der Waals surface area contributed by atoms with Crippen molar-refractivity contribution >= 4 is 11.8 Å². The van der Waals surface area contributed by atoms with Crippen LogP contribution in [0.4, 0.5) is 0 Å². The summed E-state index contributed by atoms with van der Waals surface area (Å²) in [5, 5.41) is 0. The van der Waals surface area contributed by atoms with Gasteiger partial charge in [-0.25, -0.2) is 0 Å². The number of carbonyl (C=O) groups is 2. The van der Waals surface area contributed by atoms with Crippen molar-refractivity contribution in [1.82, 2.24) is 0 Å². The third kappa shape index (κ3) is 3.92. The van der Waals surface area contributed by atoms with Crippen LogP contribution in [0.25, 0.3) is 0 Å². The Labute approximate surface area is 154 Å². The molecule has 1 aliphatic heterocycles. The molecule has 0 N–H and O–H groups in total. The lowest BCUT2D eigenvalue weighted by Gasteiger charge is -2.37. The van der Waals surface area contributed by atoms with Crippen molar-refractivity contribution in [1.29, 1.82) is 0 Å². The predicted molar refractivity (Wildman–Crippen MR) is 96.6 cm³/mol. The summed E-state index contributed by atoms with van der Waals surface area (Å²) >= 11 is 0. The molecule has 0 bridgehead atoms. The Morgan fingerprint density at radius 3 is 2.73 bits per heavy atom.